The molecule has 22 heavy (non-hydrogen) atoms. The van der Waals surface area contributed by atoms with E-state index in [-0.39, 0.29) is 11.4 Å². The number of hydrogen-bond donors (Lipinski definition) is 1. The summed E-state index contributed by atoms with van der Waals surface area (Å²) >= 11 is 1.35. The lowest BCUT2D eigenvalue weighted by atomic mass is 10.1. The molecule has 0 saturated carbocycles. The van der Waals surface area contributed by atoms with E-state index in [1.807, 2.05) is 49.6 Å². The number of thioether (sulfide) groups is 1. The van der Waals surface area contributed by atoms with Gasteiger partial charge in [-0.25, -0.2) is 0 Å². The lowest BCUT2D eigenvalue weighted by molar-refractivity contribution is -0.119. The fourth-order valence-electron chi connectivity index (χ4n) is 1.83. The Morgan fingerprint density at radius 1 is 1.32 bits per heavy atom. The highest BCUT2D eigenvalue weighted by atomic mass is 32.2. The summed E-state index contributed by atoms with van der Waals surface area (Å²) in [7, 11) is 1.63. The zero-order valence-electron chi connectivity index (χ0n) is 13.2. The second-order valence-electron chi connectivity index (χ2n) is 5.77. The van der Waals surface area contributed by atoms with Crippen molar-refractivity contribution in [3.63, 3.8) is 0 Å². The van der Waals surface area contributed by atoms with Crippen LogP contribution in [0.2, 0.25) is 0 Å². The SMILES string of the molecule is COc1ccc(-n2cnnc2SCC(=O)NC(C)(C)C)cc1. The van der Waals surface area contributed by atoms with Crippen molar-refractivity contribution >= 4 is 17.7 Å². The van der Waals surface area contributed by atoms with Crippen LogP contribution >= 0.6 is 11.8 Å². The predicted octanol–water partition coefficient (Wildman–Crippen LogP) is 2.28. The molecule has 6 nitrogen and oxygen atoms in total. The van der Waals surface area contributed by atoms with Gasteiger partial charge in [0.1, 0.15) is 12.1 Å². The van der Waals surface area contributed by atoms with Gasteiger partial charge in [0.25, 0.3) is 0 Å². The molecule has 0 saturated heterocycles. The van der Waals surface area contributed by atoms with Crippen LogP contribution in [0.4, 0.5) is 0 Å². The first kappa shape index (κ1) is 16.4. The highest BCUT2D eigenvalue weighted by Crippen LogP contribution is 2.21. The fraction of sp³-hybridized carbons (Fsp3) is 0.400. The molecular weight excluding hydrogens is 300 g/mol. The average molecular weight is 320 g/mol. The second-order valence-corrected chi connectivity index (χ2v) is 6.71. The minimum atomic E-state index is -0.235. The molecule has 1 N–H and O–H groups in total. The van der Waals surface area contributed by atoms with Gasteiger partial charge in [0, 0.05) is 11.2 Å². The average Bonchev–Trinajstić information content (AvgIpc) is 2.92. The minimum absolute atomic E-state index is 0.0261. The number of benzene rings is 1. The summed E-state index contributed by atoms with van der Waals surface area (Å²) in [6, 6.07) is 7.58. The van der Waals surface area contributed by atoms with E-state index in [0.717, 1.165) is 11.4 Å². The van der Waals surface area contributed by atoms with Gasteiger partial charge in [0.15, 0.2) is 5.16 Å². The van der Waals surface area contributed by atoms with Crippen LogP contribution in [0.3, 0.4) is 0 Å². The summed E-state index contributed by atoms with van der Waals surface area (Å²) in [5.41, 5.74) is 0.686. The first-order valence-electron chi connectivity index (χ1n) is 6.87. The highest BCUT2D eigenvalue weighted by molar-refractivity contribution is 7.99. The Balaban J connectivity index is 2.04. The number of ether oxygens (including phenoxy) is 1. The molecule has 0 unspecified atom stereocenters. The molecule has 0 spiro atoms. The zero-order chi connectivity index (χ0) is 16.2. The molecule has 0 aliphatic rings. The van der Waals surface area contributed by atoms with E-state index in [1.165, 1.54) is 11.8 Å². The lowest BCUT2D eigenvalue weighted by Crippen LogP contribution is -2.41. The van der Waals surface area contributed by atoms with E-state index >= 15 is 0 Å². The monoisotopic (exact) mass is 320 g/mol. The molecule has 0 atom stereocenters. The van der Waals surface area contributed by atoms with Crippen molar-refractivity contribution < 1.29 is 9.53 Å². The molecule has 1 heterocycles. The smallest absolute Gasteiger partial charge is 0.230 e. The largest absolute Gasteiger partial charge is 0.497 e. The van der Waals surface area contributed by atoms with E-state index in [1.54, 1.807) is 13.4 Å². The molecule has 118 valence electrons. The van der Waals surface area contributed by atoms with E-state index in [4.69, 9.17) is 4.74 Å². The Hall–Kier alpha value is -2.02. The van der Waals surface area contributed by atoms with Crippen LogP contribution in [-0.2, 0) is 4.79 Å². The summed E-state index contributed by atoms with van der Waals surface area (Å²) in [5, 5.41) is 11.6. The van der Waals surface area contributed by atoms with Gasteiger partial charge in [-0.3, -0.25) is 9.36 Å². The summed E-state index contributed by atoms with van der Waals surface area (Å²) in [5.74, 6) is 1.06. The Labute approximate surface area is 134 Å². The van der Waals surface area contributed by atoms with E-state index in [0.29, 0.717) is 10.9 Å². The maximum Gasteiger partial charge on any atom is 0.230 e. The van der Waals surface area contributed by atoms with Crippen molar-refractivity contribution in [1.82, 2.24) is 20.1 Å². The number of carbonyl (C=O) groups excluding carboxylic acids is 1. The third-order valence-corrected chi connectivity index (χ3v) is 3.66. The molecule has 2 rings (SSSR count). The zero-order valence-corrected chi connectivity index (χ0v) is 14.0. The molecule has 1 aromatic carbocycles. The van der Waals surface area contributed by atoms with Crippen LogP contribution in [0, 0.1) is 0 Å². The standard InChI is InChI=1S/C15H20N4O2S/c1-15(2,3)17-13(20)9-22-14-18-16-10-19(14)11-5-7-12(21-4)8-6-11/h5-8,10H,9H2,1-4H3,(H,17,20). The Bertz CT molecular complexity index is 632. The van der Waals surface area contributed by atoms with Crippen molar-refractivity contribution in [3.05, 3.63) is 30.6 Å². The quantitative estimate of drug-likeness (QED) is 0.856. The van der Waals surface area contributed by atoms with Crippen LogP contribution < -0.4 is 10.1 Å². The fourth-order valence-corrected chi connectivity index (χ4v) is 2.56. The van der Waals surface area contributed by atoms with Gasteiger partial charge in [-0.15, -0.1) is 10.2 Å². The number of nitrogens with one attached hydrogen (secondary N) is 1. The van der Waals surface area contributed by atoms with Crippen LogP contribution in [0.15, 0.2) is 35.7 Å². The van der Waals surface area contributed by atoms with Crippen LogP contribution in [0.1, 0.15) is 20.8 Å². The number of nitrogens with zero attached hydrogens (tertiary/aromatic N) is 3. The van der Waals surface area contributed by atoms with Crippen molar-refractivity contribution in [2.75, 3.05) is 12.9 Å². The Morgan fingerprint density at radius 3 is 2.59 bits per heavy atom. The van der Waals surface area contributed by atoms with Crippen molar-refractivity contribution in [2.45, 2.75) is 31.5 Å². The summed E-state index contributed by atoms with van der Waals surface area (Å²) in [4.78, 5) is 11.9. The molecule has 0 fully saturated rings. The predicted molar refractivity (Wildman–Crippen MR) is 86.5 cm³/mol. The van der Waals surface area contributed by atoms with Gasteiger partial charge in [0.05, 0.1) is 12.9 Å². The first-order valence-corrected chi connectivity index (χ1v) is 7.86. The number of rotatable bonds is 5. The van der Waals surface area contributed by atoms with Gasteiger partial charge in [-0.1, -0.05) is 11.8 Å². The number of carbonyl (C=O) groups is 1. The van der Waals surface area contributed by atoms with Crippen LogP contribution in [0.5, 0.6) is 5.75 Å². The maximum atomic E-state index is 11.9. The van der Waals surface area contributed by atoms with Crippen molar-refractivity contribution in [3.8, 4) is 11.4 Å². The first-order chi connectivity index (χ1) is 10.4. The summed E-state index contributed by atoms with van der Waals surface area (Å²) < 4.78 is 6.99. The molecule has 0 bridgehead atoms. The normalized spacial score (nSPS) is 11.3. The van der Waals surface area contributed by atoms with Crippen LogP contribution in [0.25, 0.3) is 5.69 Å². The molecular formula is C15H20N4O2S. The Kier molecular flexibility index (Phi) is 5.07. The molecule has 2 aromatic rings. The number of methoxy groups -OCH3 is 1. The molecule has 1 aromatic heterocycles. The molecule has 7 heteroatoms. The molecule has 1 amide bonds. The third kappa shape index (κ3) is 4.49. The summed E-state index contributed by atoms with van der Waals surface area (Å²) in [6.07, 6.45) is 1.63. The number of aromatic nitrogens is 3. The summed E-state index contributed by atoms with van der Waals surface area (Å²) in [6.45, 7) is 5.86. The van der Waals surface area contributed by atoms with Gasteiger partial charge in [0.2, 0.25) is 5.91 Å². The molecule has 0 radical (unpaired) electrons. The molecule has 0 aliphatic heterocycles. The number of hydrogen-bond acceptors (Lipinski definition) is 5. The van der Waals surface area contributed by atoms with Crippen molar-refractivity contribution in [1.29, 1.82) is 0 Å². The van der Waals surface area contributed by atoms with E-state index in [2.05, 4.69) is 15.5 Å². The third-order valence-electron chi connectivity index (χ3n) is 2.71. The van der Waals surface area contributed by atoms with Crippen LogP contribution in [-0.4, -0.2) is 39.1 Å². The lowest BCUT2D eigenvalue weighted by Gasteiger charge is -2.20. The van der Waals surface area contributed by atoms with Gasteiger partial charge < -0.3 is 10.1 Å². The maximum absolute atomic E-state index is 11.9. The molecule has 0 aliphatic carbocycles. The second kappa shape index (κ2) is 6.83. The van der Waals surface area contributed by atoms with Gasteiger partial charge in [-0.05, 0) is 45.0 Å². The van der Waals surface area contributed by atoms with E-state index < -0.39 is 0 Å². The topological polar surface area (TPSA) is 69.0 Å². The van der Waals surface area contributed by atoms with Gasteiger partial charge >= 0.3 is 0 Å². The van der Waals surface area contributed by atoms with E-state index in [9.17, 15) is 4.79 Å². The van der Waals surface area contributed by atoms with Gasteiger partial charge in [-0.2, -0.15) is 0 Å². The van der Waals surface area contributed by atoms with Crippen molar-refractivity contribution in [2.24, 2.45) is 0 Å². The minimum Gasteiger partial charge on any atom is -0.497 e. The number of amides is 1. The Morgan fingerprint density at radius 2 is 2.00 bits per heavy atom. The highest BCUT2D eigenvalue weighted by Gasteiger charge is 2.15.